The molecule has 4 aromatic rings. The molecule has 5 nitrogen and oxygen atoms in total. The number of hydrogen-bond donors (Lipinski definition) is 1. The van der Waals surface area contributed by atoms with Crippen molar-refractivity contribution < 1.29 is 14.1 Å². The molecule has 0 radical (unpaired) electrons. The highest BCUT2D eigenvalue weighted by atomic mass is 16.5. The van der Waals surface area contributed by atoms with E-state index in [-0.39, 0.29) is 12.5 Å². The Morgan fingerprint density at radius 3 is 2.36 bits per heavy atom. The van der Waals surface area contributed by atoms with E-state index in [9.17, 15) is 4.79 Å². The van der Waals surface area contributed by atoms with Crippen LogP contribution < -0.4 is 10.1 Å². The topological polar surface area (TPSA) is 64.4 Å². The summed E-state index contributed by atoms with van der Waals surface area (Å²) in [5.41, 5.74) is 2.90. The molecule has 0 aliphatic rings. The Bertz CT molecular complexity index is 1060. The first kappa shape index (κ1) is 17.5. The van der Waals surface area contributed by atoms with Crippen LogP contribution in [0.5, 0.6) is 5.75 Å². The fourth-order valence-corrected chi connectivity index (χ4v) is 2.77. The number of nitrogens with one attached hydrogen (secondary N) is 1. The van der Waals surface area contributed by atoms with E-state index in [2.05, 4.69) is 10.5 Å². The van der Waals surface area contributed by atoms with E-state index in [0.29, 0.717) is 17.1 Å². The summed E-state index contributed by atoms with van der Waals surface area (Å²) in [6, 6.07) is 28.0. The van der Waals surface area contributed by atoms with E-state index in [0.717, 1.165) is 16.9 Å². The van der Waals surface area contributed by atoms with Crippen LogP contribution in [0.4, 0.5) is 5.69 Å². The van der Waals surface area contributed by atoms with Crippen LogP contribution in [0.1, 0.15) is 16.1 Å². The van der Waals surface area contributed by atoms with Gasteiger partial charge >= 0.3 is 0 Å². The van der Waals surface area contributed by atoms with E-state index in [4.69, 9.17) is 9.26 Å². The van der Waals surface area contributed by atoms with Gasteiger partial charge in [0.15, 0.2) is 5.76 Å². The number of benzene rings is 3. The van der Waals surface area contributed by atoms with Crippen LogP contribution in [-0.2, 0) is 6.61 Å². The van der Waals surface area contributed by atoms with Crippen LogP contribution in [0.3, 0.4) is 0 Å². The number of ether oxygens (including phenoxy) is 1. The van der Waals surface area contributed by atoms with Crippen molar-refractivity contribution in [2.24, 2.45) is 0 Å². The van der Waals surface area contributed by atoms with Crippen molar-refractivity contribution in [1.82, 2.24) is 5.16 Å². The molecule has 1 heterocycles. The molecule has 4 rings (SSSR count). The summed E-state index contributed by atoms with van der Waals surface area (Å²) < 4.78 is 11.2. The summed E-state index contributed by atoms with van der Waals surface area (Å²) in [6.07, 6.45) is 0. The van der Waals surface area contributed by atoms with Gasteiger partial charge in [-0.2, -0.15) is 0 Å². The van der Waals surface area contributed by atoms with Crippen molar-refractivity contribution >= 4 is 11.6 Å². The molecule has 0 spiro atoms. The SMILES string of the molecule is O=C(Nc1ccccc1)c1ccccc1OCc1cc(-c2ccccc2)no1. The monoisotopic (exact) mass is 370 g/mol. The summed E-state index contributed by atoms with van der Waals surface area (Å²) in [5, 5.41) is 6.95. The van der Waals surface area contributed by atoms with Gasteiger partial charge < -0.3 is 14.6 Å². The van der Waals surface area contributed by atoms with Crippen LogP contribution in [0, 0.1) is 0 Å². The Hall–Kier alpha value is -3.86. The number of nitrogens with zero attached hydrogens (tertiary/aromatic N) is 1. The third kappa shape index (κ3) is 4.10. The van der Waals surface area contributed by atoms with Gasteiger partial charge in [0.1, 0.15) is 18.1 Å². The van der Waals surface area contributed by atoms with Gasteiger partial charge in [-0.25, -0.2) is 0 Å². The van der Waals surface area contributed by atoms with Crippen molar-refractivity contribution in [3.05, 3.63) is 102 Å². The fourth-order valence-electron chi connectivity index (χ4n) is 2.77. The Balaban J connectivity index is 1.46. The Labute approximate surface area is 162 Å². The van der Waals surface area contributed by atoms with Crippen LogP contribution >= 0.6 is 0 Å². The van der Waals surface area contributed by atoms with Gasteiger partial charge in [0.05, 0.1) is 5.56 Å². The molecule has 5 heteroatoms. The van der Waals surface area contributed by atoms with Gasteiger partial charge in [-0.3, -0.25) is 4.79 Å². The first-order chi connectivity index (χ1) is 13.8. The summed E-state index contributed by atoms with van der Waals surface area (Å²) >= 11 is 0. The first-order valence-corrected chi connectivity index (χ1v) is 8.89. The third-order valence-corrected chi connectivity index (χ3v) is 4.16. The molecule has 0 unspecified atom stereocenters. The average molecular weight is 370 g/mol. The largest absolute Gasteiger partial charge is 0.485 e. The van der Waals surface area contributed by atoms with Crippen LogP contribution in [0.15, 0.2) is 95.5 Å². The van der Waals surface area contributed by atoms with Crippen LogP contribution in [0.25, 0.3) is 11.3 Å². The maximum atomic E-state index is 12.6. The zero-order valence-electron chi connectivity index (χ0n) is 15.0. The Morgan fingerprint density at radius 2 is 1.57 bits per heavy atom. The second-order valence-electron chi connectivity index (χ2n) is 6.15. The highest BCUT2D eigenvalue weighted by Crippen LogP contribution is 2.23. The fraction of sp³-hybridized carbons (Fsp3) is 0.0435. The number of para-hydroxylation sites is 2. The number of anilines is 1. The number of aromatic nitrogens is 1. The smallest absolute Gasteiger partial charge is 0.259 e. The highest BCUT2D eigenvalue weighted by molar-refractivity contribution is 6.06. The van der Waals surface area contributed by atoms with Crippen molar-refractivity contribution in [1.29, 1.82) is 0 Å². The second kappa shape index (κ2) is 8.22. The minimum Gasteiger partial charge on any atom is -0.485 e. The first-order valence-electron chi connectivity index (χ1n) is 8.89. The van der Waals surface area contributed by atoms with Crippen molar-refractivity contribution in [2.45, 2.75) is 6.61 Å². The van der Waals surface area contributed by atoms with Gasteiger partial charge in [-0.15, -0.1) is 0 Å². The average Bonchev–Trinajstić information content (AvgIpc) is 3.23. The summed E-state index contributed by atoms with van der Waals surface area (Å²) in [6.45, 7) is 0.176. The van der Waals surface area contributed by atoms with Crippen molar-refractivity contribution in [3.8, 4) is 17.0 Å². The van der Waals surface area contributed by atoms with E-state index >= 15 is 0 Å². The minimum atomic E-state index is -0.232. The molecule has 1 N–H and O–H groups in total. The predicted octanol–water partition coefficient (Wildman–Crippen LogP) is 5.17. The van der Waals surface area contributed by atoms with E-state index in [1.165, 1.54) is 0 Å². The van der Waals surface area contributed by atoms with Crippen LogP contribution in [-0.4, -0.2) is 11.1 Å². The molecule has 0 fully saturated rings. The molecule has 0 atom stereocenters. The van der Waals surface area contributed by atoms with Gasteiger partial charge in [0, 0.05) is 17.3 Å². The molecule has 0 bridgehead atoms. The number of hydrogen-bond acceptors (Lipinski definition) is 4. The maximum absolute atomic E-state index is 12.6. The quantitative estimate of drug-likeness (QED) is 0.508. The number of rotatable bonds is 6. The normalized spacial score (nSPS) is 10.4. The molecular formula is C23H18N2O3. The molecule has 1 aromatic heterocycles. The van der Waals surface area contributed by atoms with E-state index in [1.807, 2.05) is 72.8 Å². The molecule has 3 aromatic carbocycles. The summed E-state index contributed by atoms with van der Waals surface area (Å²) in [4.78, 5) is 12.6. The summed E-state index contributed by atoms with van der Waals surface area (Å²) in [7, 11) is 0. The predicted molar refractivity (Wildman–Crippen MR) is 107 cm³/mol. The van der Waals surface area contributed by atoms with Crippen molar-refractivity contribution in [2.75, 3.05) is 5.32 Å². The second-order valence-corrected chi connectivity index (χ2v) is 6.15. The van der Waals surface area contributed by atoms with Gasteiger partial charge in [-0.1, -0.05) is 65.8 Å². The zero-order valence-corrected chi connectivity index (χ0v) is 15.0. The van der Waals surface area contributed by atoms with E-state index < -0.39 is 0 Å². The molecular weight excluding hydrogens is 352 g/mol. The highest BCUT2D eigenvalue weighted by Gasteiger charge is 2.14. The Morgan fingerprint density at radius 1 is 0.893 bits per heavy atom. The standard InChI is InChI=1S/C23H18N2O3/c26-23(24-18-11-5-2-6-12-18)20-13-7-8-14-22(20)27-16-19-15-21(25-28-19)17-9-3-1-4-10-17/h1-15H,16H2,(H,24,26). The van der Waals surface area contributed by atoms with Crippen LogP contribution in [0.2, 0.25) is 0 Å². The lowest BCUT2D eigenvalue weighted by molar-refractivity contribution is 0.102. The molecule has 0 saturated heterocycles. The lowest BCUT2D eigenvalue weighted by Gasteiger charge is -2.10. The zero-order chi connectivity index (χ0) is 19.2. The van der Waals surface area contributed by atoms with Gasteiger partial charge in [0.25, 0.3) is 5.91 Å². The lowest BCUT2D eigenvalue weighted by Crippen LogP contribution is -2.13. The number of carbonyl (C=O) groups excluding carboxylic acids is 1. The summed E-state index contributed by atoms with van der Waals surface area (Å²) in [5.74, 6) is 0.829. The maximum Gasteiger partial charge on any atom is 0.259 e. The lowest BCUT2D eigenvalue weighted by atomic mass is 10.1. The molecule has 1 amide bonds. The van der Waals surface area contributed by atoms with E-state index in [1.54, 1.807) is 18.2 Å². The Kier molecular flexibility index (Phi) is 5.15. The van der Waals surface area contributed by atoms with Gasteiger partial charge in [-0.05, 0) is 24.3 Å². The van der Waals surface area contributed by atoms with Crippen molar-refractivity contribution in [3.63, 3.8) is 0 Å². The molecule has 138 valence electrons. The molecule has 0 aliphatic carbocycles. The van der Waals surface area contributed by atoms with Gasteiger partial charge in [0.2, 0.25) is 0 Å². The molecule has 0 aliphatic heterocycles. The third-order valence-electron chi connectivity index (χ3n) is 4.16. The number of carbonyl (C=O) groups is 1. The minimum absolute atomic E-state index is 0.176. The number of amides is 1. The molecule has 28 heavy (non-hydrogen) atoms. The molecule has 0 saturated carbocycles.